The molecule has 50 heavy (non-hydrogen) atoms. The molecule has 8 N–H and O–H groups in total. The number of phenolic OH excluding ortho intramolecular Hbond substituents is 4. The summed E-state index contributed by atoms with van der Waals surface area (Å²) in [6.07, 6.45) is 1.33. The van der Waals surface area contributed by atoms with Gasteiger partial charge in [-0.1, -0.05) is 23.7 Å². The summed E-state index contributed by atoms with van der Waals surface area (Å²) < 4.78 is 0. The molecule has 2 aromatic rings. The zero-order chi connectivity index (χ0) is 36.5. The Morgan fingerprint density at radius 3 is 1.96 bits per heavy atom. The van der Waals surface area contributed by atoms with Crippen molar-refractivity contribution >= 4 is 47.1 Å². The third kappa shape index (κ3) is 8.74. The molecule has 16 nitrogen and oxygen atoms in total. The Kier molecular flexibility index (Phi) is 12.5. The molecule has 0 bridgehead atoms. The molecule has 17 heteroatoms. The maximum Gasteiger partial charge on any atom is 0.353 e. The average molecular weight is 716 g/mol. The van der Waals surface area contributed by atoms with Gasteiger partial charge in [0.15, 0.2) is 23.0 Å². The van der Waals surface area contributed by atoms with E-state index in [2.05, 4.69) is 16.0 Å². The van der Waals surface area contributed by atoms with Crippen molar-refractivity contribution in [2.45, 2.75) is 57.0 Å². The number of unbranched alkanes of at least 4 members (excludes halogenated alkanes) is 1. The predicted octanol–water partition coefficient (Wildman–Crippen LogP) is 1.47. The van der Waals surface area contributed by atoms with Crippen LogP contribution in [0.4, 0.5) is 0 Å². The molecule has 2 aromatic carbocycles. The number of aliphatic carboxylic acids is 1. The lowest BCUT2D eigenvalue weighted by atomic mass is 9.86. The van der Waals surface area contributed by atoms with E-state index < -0.39 is 64.7 Å². The number of benzene rings is 2. The first kappa shape index (κ1) is 37.3. The number of hydrogen-bond donors (Lipinski definition) is 8. The van der Waals surface area contributed by atoms with Crippen LogP contribution in [0, 0.1) is 0 Å². The van der Waals surface area contributed by atoms with Gasteiger partial charge in [-0.3, -0.25) is 28.9 Å². The summed E-state index contributed by atoms with van der Waals surface area (Å²) in [5.74, 6) is -6.08. The molecule has 5 amide bonds. The number of amides is 5. The molecule has 1 fully saturated rings. The molecule has 0 aromatic heterocycles. The van der Waals surface area contributed by atoms with E-state index in [-0.39, 0.29) is 73.2 Å². The van der Waals surface area contributed by atoms with Crippen molar-refractivity contribution < 1.29 is 54.3 Å². The zero-order valence-corrected chi connectivity index (χ0v) is 27.6. The van der Waals surface area contributed by atoms with E-state index in [1.165, 1.54) is 41.3 Å². The fraction of sp³-hybridized carbons (Fsp3) is 0.394. The lowest BCUT2D eigenvalue weighted by Gasteiger charge is -2.49. The van der Waals surface area contributed by atoms with E-state index in [4.69, 9.17) is 11.6 Å². The second-order valence-electron chi connectivity index (χ2n) is 11.7. The van der Waals surface area contributed by atoms with E-state index in [0.29, 0.717) is 25.7 Å². The fourth-order valence-electron chi connectivity index (χ4n) is 5.72. The van der Waals surface area contributed by atoms with Gasteiger partial charge in [-0.25, -0.2) is 4.79 Å². The van der Waals surface area contributed by atoms with E-state index in [9.17, 15) is 54.3 Å². The van der Waals surface area contributed by atoms with Gasteiger partial charge in [0.1, 0.15) is 11.7 Å². The van der Waals surface area contributed by atoms with Gasteiger partial charge in [-0.05, 0) is 56.4 Å². The van der Waals surface area contributed by atoms with Crippen molar-refractivity contribution in [1.82, 2.24) is 25.8 Å². The number of hydrogen-bond acceptors (Lipinski definition) is 10. The number of carbonyl (C=O) groups is 6. The number of halogens is 1. The lowest BCUT2D eigenvalue weighted by molar-refractivity contribution is -0.155. The third-order valence-electron chi connectivity index (χ3n) is 8.36. The van der Waals surface area contributed by atoms with E-state index >= 15 is 0 Å². The number of fused-ring (bicyclic) bond motifs is 1. The van der Waals surface area contributed by atoms with Gasteiger partial charge in [0.25, 0.3) is 17.7 Å². The molecular formula is C33H38ClN5O11. The van der Waals surface area contributed by atoms with Crippen LogP contribution in [0.15, 0.2) is 47.1 Å². The minimum Gasteiger partial charge on any atom is -0.504 e. The second kappa shape index (κ2) is 16.7. The second-order valence-corrected chi connectivity index (χ2v) is 12.2. The average Bonchev–Trinajstić information content (AvgIpc) is 3.08. The monoisotopic (exact) mass is 715 g/mol. The Bertz CT molecular complexity index is 1700. The highest BCUT2D eigenvalue weighted by molar-refractivity contribution is 6.32. The molecule has 0 spiro atoms. The maximum absolute atomic E-state index is 13.2. The Morgan fingerprint density at radius 1 is 0.820 bits per heavy atom. The SMILES string of the molecule is O=C(CCC(=O)N(CCCCNC(=O)c1cccc(O)c1O)CCCNC(=O)c1cccc(O)c1O)N[C@@H]1C(=O)N2C(C(=O)O)=C(Cl)CC[C@H]12. The molecular weight excluding hydrogens is 678 g/mol. The number of rotatable bonds is 16. The number of allylic oxidation sites excluding steroid dienone is 1. The van der Waals surface area contributed by atoms with Crippen LogP contribution >= 0.6 is 11.6 Å². The number of aromatic hydroxyl groups is 4. The molecule has 0 radical (unpaired) electrons. The summed E-state index contributed by atoms with van der Waals surface area (Å²) in [7, 11) is 0. The summed E-state index contributed by atoms with van der Waals surface area (Å²) in [4.78, 5) is 77.7. The van der Waals surface area contributed by atoms with E-state index in [1.807, 2.05) is 0 Å². The lowest BCUT2D eigenvalue weighted by Crippen LogP contribution is -2.71. The van der Waals surface area contributed by atoms with Crippen molar-refractivity contribution in [1.29, 1.82) is 0 Å². The van der Waals surface area contributed by atoms with Gasteiger partial charge < -0.3 is 46.4 Å². The number of β-lactam (4-membered cyclic amide) rings is 1. The highest BCUT2D eigenvalue weighted by atomic mass is 35.5. The predicted molar refractivity (Wildman–Crippen MR) is 176 cm³/mol. The van der Waals surface area contributed by atoms with Crippen molar-refractivity contribution in [2.24, 2.45) is 0 Å². The minimum atomic E-state index is -1.33. The summed E-state index contributed by atoms with van der Waals surface area (Å²) in [5.41, 5.74) is -0.510. The van der Waals surface area contributed by atoms with Gasteiger partial charge in [-0.15, -0.1) is 0 Å². The highest BCUT2D eigenvalue weighted by Crippen LogP contribution is 2.38. The van der Waals surface area contributed by atoms with Crippen molar-refractivity contribution in [3.05, 3.63) is 58.3 Å². The molecule has 268 valence electrons. The molecule has 1 saturated heterocycles. The van der Waals surface area contributed by atoms with Gasteiger partial charge in [0, 0.05) is 44.1 Å². The van der Waals surface area contributed by atoms with Crippen LogP contribution < -0.4 is 16.0 Å². The van der Waals surface area contributed by atoms with Gasteiger partial charge >= 0.3 is 5.97 Å². The minimum absolute atomic E-state index is 0.0628. The molecule has 2 heterocycles. The van der Waals surface area contributed by atoms with Crippen LogP contribution in [0.2, 0.25) is 0 Å². The van der Waals surface area contributed by atoms with Gasteiger partial charge in [-0.2, -0.15) is 0 Å². The van der Waals surface area contributed by atoms with Crippen LogP contribution in [0.25, 0.3) is 0 Å². The summed E-state index contributed by atoms with van der Waals surface area (Å²) in [6.45, 7) is 0.719. The number of phenols is 4. The highest BCUT2D eigenvalue weighted by Gasteiger charge is 2.53. The molecule has 2 atom stereocenters. The van der Waals surface area contributed by atoms with Crippen LogP contribution in [0.5, 0.6) is 23.0 Å². The zero-order valence-electron chi connectivity index (χ0n) is 26.9. The van der Waals surface area contributed by atoms with Crippen molar-refractivity contribution in [2.75, 3.05) is 26.2 Å². The van der Waals surface area contributed by atoms with Crippen molar-refractivity contribution in [3.63, 3.8) is 0 Å². The fourth-order valence-corrected chi connectivity index (χ4v) is 6.00. The van der Waals surface area contributed by atoms with Crippen LogP contribution in [-0.2, 0) is 19.2 Å². The summed E-state index contributed by atoms with van der Waals surface area (Å²) in [5, 5.41) is 56.5. The molecule has 2 aliphatic rings. The van der Waals surface area contributed by atoms with Crippen LogP contribution in [-0.4, -0.2) is 109 Å². The summed E-state index contributed by atoms with van der Waals surface area (Å²) >= 11 is 6.01. The molecule has 2 aliphatic heterocycles. The normalized spacial score (nSPS) is 16.6. The number of para-hydroxylation sites is 2. The van der Waals surface area contributed by atoms with E-state index in [1.54, 1.807) is 0 Å². The summed E-state index contributed by atoms with van der Waals surface area (Å²) in [6, 6.07) is 6.50. The number of nitrogens with zero attached hydrogens (tertiary/aromatic N) is 2. The number of carboxylic acids is 1. The molecule has 0 saturated carbocycles. The van der Waals surface area contributed by atoms with Crippen molar-refractivity contribution in [3.8, 4) is 23.0 Å². The first-order valence-corrected chi connectivity index (χ1v) is 16.3. The molecule has 0 unspecified atom stereocenters. The van der Waals surface area contributed by atoms with E-state index in [0.717, 1.165) is 4.90 Å². The van der Waals surface area contributed by atoms with Gasteiger partial charge in [0.2, 0.25) is 11.8 Å². The Hall–Kier alpha value is -5.51. The molecule has 4 rings (SSSR count). The Balaban J connectivity index is 1.28. The van der Waals surface area contributed by atoms with Crippen LogP contribution in [0.1, 0.15) is 65.7 Å². The third-order valence-corrected chi connectivity index (χ3v) is 8.73. The number of carboxylic acid groups (broad SMARTS) is 1. The standard InChI is InChI=1S/C33H38ClN5O11/c34-20-10-11-21-26(32(48)39(21)27(20)33(49)50)37-24(42)12-13-25(43)38(17-5-15-36-31(47)19-7-4-9-23(41)29(19)45)16-2-1-14-35-30(46)18-6-3-8-22(40)28(18)44/h3-4,6-9,21,26,40-41,44-45H,1-2,5,10-17H2,(H,35,46)(H,36,47)(H,37,42)(H,49,50)/t21-,26+/m1/s1. The first-order chi connectivity index (χ1) is 23.8. The van der Waals surface area contributed by atoms with Crippen LogP contribution in [0.3, 0.4) is 0 Å². The largest absolute Gasteiger partial charge is 0.504 e. The number of carbonyl (C=O) groups excluding carboxylic acids is 5. The topological polar surface area (TPSA) is 246 Å². The molecule has 0 aliphatic carbocycles. The Labute approximate surface area is 291 Å². The smallest absolute Gasteiger partial charge is 0.353 e. The van der Waals surface area contributed by atoms with Gasteiger partial charge in [0.05, 0.1) is 17.2 Å². The Morgan fingerprint density at radius 2 is 1.38 bits per heavy atom. The quantitative estimate of drug-likeness (QED) is 0.0702. The first-order valence-electron chi connectivity index (χ1n) is 15.9. The maximum atomic E-state index is 13.2. The number of nitrogens with one attached hydrogen (secondary N) is 3.